The molecule has 3 heterocycles. The maximum Gasteiger partial charge on any atom is 0.282 e. The highest BCUT2D eigenvalue weighted by atomic mass is 32.2. The standard InChI is InChI=1S/C24H20N6O2S2/c1-16-19(12-13-32-16)21-27-29-24(30(21)18-10-6-3-7-11-18)33-15-20-26-28-23(34-20)22(31)25-14-17-8-4-2-5-9-17/h2-13H,14-15H2,1H3,(H,25,31). The van der Waals surface area contributed by atoms with Crippen LogP contribution in [-0.4, -0.2) is 30.9 Å². The smallest absolute Gasteiger partial charge is 0.282 e. The van der Waals surface area contributed by atoms with Gasteiger partial charge in [-0.3, -0.25) is 9.36 Å². The second-order valence-electron chi connectivity index (χ2n) is 7.33. The van der Waals surface area contributed by atoms with Gasteiger partial charge in [0.15, 0.2) is 11.0 Å². The number of carbonyl (C=O) groups is 1. The normalized spacial score (nSPS) is 11.0. The molecule has 0 aliphatic heterocycles. The highest BCUT2D eigenvalue weighted by molar-refractivity contribution is 7.98. The number of aryl methyl sites for hydroxylation is 1. The number of rotatable bonds is 8. The fourth-order valence-corrected chi connectivity index (χ4v) is 5.04. The molecule has 0 bridgehead atoms. The topological polar surface area (TPSA) is 98.7 Å². The summed E-state index contributed by atoms with van der Waals surface area (Å²) in [7, 11) is 0. The number of benzene rings is 2. The monoisotopic (exact) mass is 488 g/mol. The number of nitrogens with zero attached hydrogens (tertiary/aromatic N) is 5. The van der Waals surface area contributed by atoms with Gasteiger partial charge in [0, 0.05) is 12.2 Å². The molecule has 3 aromatic heterocycles. The Kier molecular flexibility index (Phi) is 6.50. The Labute approximate surface area is 204 Å². The minimum absolute atomic E-state index is 0.234. The van der Waals surface area contributed by atoms with E-state index in [4.69, 9.17) is 4.42 Å². The third-order valence-electron chi connectivity index (χ3n) is 5.03. The quantitative estimate of drug-likeness (QED) is 0.310. The van der Waals surface area contributed by atoms with Crippen molar-refractivity contribution in [1.82, 2.24) is 30.3 Å². The fraction of sp³-hybridized carbons (Fsp3) is 0.125. The van der Waals surface area contributed by atoms with Crippen LogP contribution in [0.2, 0.25) is 0 Å². The van der Waals surface area contributed by atoms with Gasteiger partial charge < -0.3 is 9.73 Å². The zero-order valence-corrected chi connectivity index (χ0v) is 19.8. The molecule has 1 N–H and O–H groups in total. The van der Waals surface area contributed by atoms with Crippen molar-refractivity contribution >= 4 is 29.0 Å². The molecule has 170 valence electrons. The van der Waals surface area contributed by atoms with Crippen molar-refractivity contribution in [3.8, 4) is 17.1 Å². The van der Waals surface area contributed by atoms with Gasteiger partial charge in [-0.05, 0) is 30.7 Å². The summed E-state index contributed by atoms with van der Waals surface area (Å²) in [6, 6.07) is 21.6. The number of aromatic nitrogens is 5. The van der Waals surface area contributed by atoms with Gasteiger partial charge in [-0.25, -0.2) is 0 Å². The SMILES string of the molecule is Cc1occc1-c1nnc(SCc2nnc(C(=O)NCc3ccccc3)s2)n1-c1ccccc1. The van der Waals surface area contributed by atoms with E-state index in [9.17, 15) is 4.79 Å². The Balaban J connectivity index is 1.31. The number of nitrogens with one attached hydrogen (secondary N) is 1. The Morgan fingerprint density at radius 1 is 1.00 bits per heavy atom. The first-order valence-electron chi connectivity index (χ1n) is 10.5. The predicted molar refractivity (Wildman–Crippen MR) is 131 cm³/mol. The van der Waals surface area contributed by atoms with Crippen LogP contribution in [0.1, 0.15) is 26.1 Å². The lowest BCUT2D eigenvalue weighted by Gasteiger charge is -2.09. The fourth-order valence-electron chi connectivity index (χ4n) is 3.35. The van der Waals surface area contributed by atoms with E-state index < -0.39 is 0 Å². The lowest BCUT2D eigenvalue weighted by molar-refractivity contribution is 0.0950. The van der Waals surface area contributed by atoms with Gasteiger partial charge in [-0.15, -0.1) is 20.4 Å². The molecule has 0 spiro atoms. The van der Waals surface area contributed by atoms with Gasteiger partial charge in [0.2, 0.25) is 5.01 Å². The number of amides is 1. The molecule has 1 amide bonds. The van der Waals surface area contributed by atoms with Crippen LogP contribution in [0.15, 0.2) is 82.6 Å². The summed E-state index contributed by atoms with van der Waals surface area (Å²) in [6.07, 6.45) is 1.65. The molecular formula is C24H20N6O2S2. The Morgan fingerprint density at radius 3 is 2.50 bits per heavy atom. The molecule has 0 unspecified atom stereocenters. The maximum absolute atomic E-state index is 12.5. The number of thioether (sulfide) groups is 1. The van der Waals surface area contributed by atoms with E-state index in [-0.39, 0.29) is 5.91 Å². The molecule has 0 saturated heterocycles. The molecule has 0 aliphatic rings. The van der Waals surface area contributed by atoms with Crippen LogP contribution in [-0.2, 0) is 12.3 Å². The zero-order valence-electron chi connectivity index (χ0n) is 18.2. The average Bonchev–Trinajstić information content (AvgIpc) is 3.62. The molecule has 0 saturated carbocycles. The van der Waals surface area contributed by atoms with Crippen molar-refractivity contribution in [2.24, 2.45) is 0 Å². The van der Waals surface area contributed by atoms with E-state index in [2.05, 4.69) is 25.7 Å². The van der Waals surface area contributed by atoms with Crippen LogP contribution >= 0.6 is 23.1 Å². The van der Waals surface area contributed by atoms with Gasteiger partial charge in [0.1, 0.15) is 10.8 Å². The van der Waals surface area contributed by atoms with E-state index in [0.29, 0.717) is 28.3 Å². The summed E-state index contributed by atoms with van der Waals surface area (Å²) in [5, 5.41) is 21.8. The lowest BCUT2D eigenvalue weighted by Crippen LogP contribution is -2.22. The molecule has 0 aliphatic carbocycles. The number of carbonyl (C=O) groups excluding carboxylic acids is 1. The van der Waals surface area contributed by atoms with E-state index in [1.54, 1.807) is 6.26 Å². The molecule has 5 aromatic rings. The van der Waals surface area contributed by atoms with E-state index in [1.165, 1.54) is 23.1 Å². The van der Waals surface area contributed by atoms with Crippen LogP contribution in [0.3, 0.4) is 0 Å². The molecule has 0 fully saturated rings. The highest BCUT2D eigenvalue weighted by Crippen LogP contribution is 2.31. The first-order chi connectivity index (χ1) is 16.7. The third kappa shape index (κ3) is 4.78. The third-order valence-corrected chi connectivity index (χ3v) is 7.07. The van der Waals surface area contributed by atoms with Gasteiger partial charge in [-0.2, -0.15) is 0 Å². The number of furan rings is 1. The summed E-state index contributed by atoms with van der Waals surface area (Å²) in [5.74, 6) is 1.76. The largest absolute Gasteiger partial charge is 0.469 e. The highest BCUT2D eigenvalue weighted by Gasteiger charge is 2.20. The Morgan fingerprint density at radius 2 is 1.76 bits per heavy atom. The van der Waals surface area contributed by atoms with Crippen molar-refractivity contribution in [3.63, 3.8) is 0 Å². The summed E-state index contributed by atoms with van der Waals surface area (Å²) < 4.78 is 7.48. The van der Waals surface area contributed by atoms with Crippen molar-refractivity contribution in [3.05, 3.63) is 94.3 Å². The molecule has 8 nitrogen and oxygen atoms in total. The molecule has 0 radical (unpaired) electrons. The van der Waals surface area contributed by atoms with Gasteiger partial charge >= 0.3 is 0 Å². The van der Waals surface area contributed by atoms with Crippen molar-refractivity contribution in [2.45, 2.75) is 24.4 Å². The number of para-hydroxylation sites is 1. The van der Waals surface area contributed by atoms with Crippen LogP contribution in [0, 0.1) is 6.92 Å². The lowest BCUT2D eigenvalue weighted by atomic mass is 10.2. The summed E-state index contributed by atoms with van der Waals surface area (Å²) in [4.78, 5) is 12.5. The summed E-state index contributed by atoms with van der Waals surface area (Å²) in [6.45, 7) is 2.34. The maximum atomic E-state index is 12.5. The van der Waals surface area contributed by atoms with Gasteiger partial charge in [-0.1, -0.05) is 71.6 Å². The van der Waals surface area contributed by atoms with Crippen molar-refractivity contribution in [2.75, 3.05) is 0 Å². The van der Waals surface area contributed by atoms with E-state index >= 15 is 0 Å². The number of hydrogen-bond acceptors (Lipinski definition) is 8. The summed E-state index contributed by atoms with van der Waals surface area (Å²) >= 11 is 2.77. The van der Waals surface area contributed by atoms with Crippen LogP contribution in [0.25, 0.3) is 17.1 Å². The number of hydrogen-bond donors (Lipinski definition) is 1. The van der Waals surface area contributed by atoms with E-state index in [0.717, 1.165) is 27.6 Å². The minimum Gasteiger partial charge on any atom is -0.469 e. The van der Waals surface area contributed by atoms with Crippen LogP contribution < -0.4 is 5.32 Å². The summed E-state index contributed by atoms with van der Waals surface area (Å²) in [5.41, 5.74) is 2.86. The molecule has 10 heteroatoms. The first-order valence-corrected chi connectivity index (χ1v) is 12.3. The molecular weight excluding hydrogens is 468 g/mol. The predicted octanol–water partition coefficient (Wildman–Crippen LogP) is 4.91. The second kappa shape index (κ2) is 10.0. The first kappa shape index (κ1) is 22.1. The second-order valence-corrected chi connectivity index (χ2v) is 9.33. The average molecular weight is 489 g/mol. The molecule has 0 atom stereocenters. The molecule has 34 heavy (non-hydrogen) atoms. The van der Waals surface area contributed by atoms with E-state index in [1.807, 2.05) is 78.2 Å². The Hall–Kier alpha value is -3.76. The van der Waals surface area contributed by atoms with Gasteiger partial charge in [0.25, 0.3) is 5.91 Å². The van der Waals surface area contributed by atoms with Crippen molar-refractivity contribution in [1.29, 1.82) is 0 Å². The molecule has 5 rings (SSSR count). The molecule has 2 aromatic carbocycles. The van der Waals surface area contributed by atoms with Crippen LogP contribution in [0.5, 0.6) is 0 Å². The van der Waals surface area contributed by atoms with Crippen LogP contribution in [0.4, 0.5) is 0 Å². The zero-order chi connectivity index (χ0) is 23.3. The Bertz CT molecular complexity index is 1400. The van der Waals surface area contributed by atoms with Crippen molar-refractivity contribution < 1.29 is 9.21 Å². The van der Waals surface area contributed by atoms with Gasteiger partial charge in [0.05, 0.1) is 17.6 Å². The minimum atomic E-state index is -0.234.